The maximum atomic E-state index is 12.0. The Labute approximate surface area is 153 Å². The first kappa shape index (κ1) is 18.0. The van der Waals surface area contributed by atoms with Gasteiger partial charge in [0.15, 0.2) is 5.96 Å². The quantitative estimate of drug-likeness (QED) is 0.658. The summed E-state index contributed by atoms with van der Waals surface area (Å²) in [7, 11) is 3.71. The highest BCUT2D eigenvalue weighted by Gasteiger charge is 2.19. The molecule has 1 N–H and O–H groups in total. The summed E-state index contributed by atoms with van der Waals surface area (Å²) >= 11 is 0. The highest BCUT2D eigenvalue weighted by Crippen LogP contribution is 2.21. The Morgan fingerprint density at radius 3 is 2.77 bits per heavy atom. The van der Waals surface area contributed by atoms with Gasteiger partial charge in [0, 0.05) is 45.4 Å². The number of piperidine rings is 1. The van der Waals surface area contributed by atoms with E-state index in [9.17, 15) is 4.79 Å². The molecule has 1 fully saturated rings. The number of rotatable bonds is 5. The van der Waals surface area contributed by atoms with Crippen LogP contribution >= 0.6 is 0 Å². The van der Waals surface area contributed by atoms with Crippen LogP contribution in [0.3, 0.4) is 0 Å². The third-order valence-corrected chi connectivity index (χ3v) is 4.49. The lowest BCUT2D eigenvalue weighted by atomic mass is 10.1. The zero-order valence-corrected chi connectivity index (χ0v) is 15.3. The average Bonchev–Trinajstić information content (AvgIpc) is 3.16. The molecule has 26 heavy (non-hydrogen) atoms. The molecule has 0 radical (unpaired) electrons. The molecule has 2 aromatic rings. The van der Waals surface area contributed by atoms with Crippen molar-refractivity contribution in [3.8, 4) is 0 Å². The van der Waals surface area contributed by atoms with E-state index in [4.69, 9.17) is 4.52 Å². The van der Waals surface area contributed by atoms with Crippen molar-refractivity contribution in [2.45, 2.75) is 32.4 Å². The minimum absolute atomic E-state index is 0.219. The van der Waals surface area contributed by atoms with Crippen LogP contribution in [0.15, 0.2) is 46.1 Å². The first-order valence-corrected chi connectivity index (χ1v) is 8.87. The second kappa shape index (κ2) is 8.51. The zero-order chi connectivity index (χ0) is 18.4. The zero-order valence-electron chi connectivity index (χ0n) is 15.3. The van der Waals surface area contributed by atoms with Gasteiger partial charge in [0.05, 0.1) is 6.54 Å². The number of hydrogen-bond donors (Lipinski definition) is 1. The van der Waals surface area contributed by atoms with Gasteiger partial charge in [0.25, 0.3) is 0 Å². The first-order chi connectivity index (χ1) is 12.7. The summed E-state index contributed by atoms with van der Waals surface area (Å²) in [5, 5.41) is 7.26. The van der Waals surface area contributed by atoms with E-state index in [1.165, 1.54) is 0 Å². The normalized spacial score (nSPS) is 15.2. The van der Waals surface area contributed by atoms with Gasteiger partial charge in [0.1, 0.15) is 12.0 Å². The Morgan fingerprint density at radius 2 is 2.12 bits per heavy atom. The van der Waals surface area contributed by atoms with E-state index in [1.54, 1.807) is 13.3 Å². The molecule has 1 saturated heterocycles. The van der Waals surface area contributed by atoms with E-state index >= 15 is 0 Å². The van der Waals surface area contributed by atoms with Gasteiger partial charge in [-0.1, -0.05) is 17.3 Å². The molecule has 0 unspecified atom stereocenters. The van der Waals surface area contributed by atoms with Crippen LogP contribution in [0.1, 0.15) is 30.5 Å². The average molecular weight is 355 g/mol. The molecular formula is C19H25N5O2. The number of carbonyl (C=O) groups is 1. The predicted molar refractivity (Wildman–Crippen MR) is 101 cm³/mol. The number of nitrogens with zero attached hydrogens (tertiary/aromatic N) is 4. The summed E-state index contributed by atoms with van der Waals surface area (Å²) in [6, 6.07) is 9.97. The summed E-state index contributed by atoms with van der Waals surface area (Å²) in [5.41, 5.74) is 2.96. The van der Waals surface area contributed by atoms with Crippen molar-refractivity contribution < 1.29 is 9.32 Å². The topological polar surface area (TPSA) is 74.0 Å². The van der Waals surface area contributed by atoms with Gasteiger partial charge in [-0.15, -0.1) is 0 Å². The molecule has 2 heterocycles. The Morgan fingerprint density at radius 1 is 1.31 bits per heavy atom. The molecular weight excluding hydrogens is 330 g/mol. The van der Waals surface area contributed by atoms with E-state index in [0.29, 0.717) is 19.5 Å². The molecule has 7 nitrogen and oxygen atoms in total. The first-order valence-electron chi connectivity index (χ1n) is 8.87. The standard InChI is InChI=1S/C19H25N5O2/c1-20-19(23(2)14-16-10-12-26-22-16)21-13-15-6-8-17(9-7-15)24-11-4-3-5-18(24)25/h6-10,12H,3-5,11,13-14H2,1-2H3,(H,20,21). The lowest BCUT2D eigenvalue weighted by molar-refractivity contribution is -0.119. The molecule has 1 amide bonds. The third kappa shape index (κ3) is 4.41. The number of guanidine groups is 1. The lowest BCUT2D eigenvalue weighted by Gasteiger charge is -2.27. The van der Waals surface area contributed by atoms with Gasteiger partial charge in [-0.05, 0) is 30.5 Å². The predicted octanol–water partition coefficient (Wildman–Crippen LogP) is 2.40. The fraction of sp³-hybridized carbons (Fsp3) is 0.421. The minimum Gasteiger partial charge on any atom is -0.364 e. The molecule has 1 aromatic carbocycles. The summed E-state index contributed by atoms with van der Waals surface area (Å²) in [6.45, 7) is 2.09. The van der Waals surface area contributed by atoms with Crippen LogP contribution in [-0.2, 0) is 17.9 Å². The van der Waals surface area contributed by atoms with Crippen molar-refractivity contribution in [1.82, 2.24) is 15.4 Å². The van der Waals surface area contributed by atoms with Crippen molar-refractivity contribution in [3.63, 3.8) is 0 Å². The molecule has 1 aromatic heterocycles. The van der Waals surface area contributed by atoms with Crippen molar-refractivity contribution >= 4 is 17.6 Å². The van der Waals surface area contributed by atoms with E-state index in [0.717, 1.165) is 42.3 Å². The summed E-state index contributed by atoms with van der Waals surface area (Å²) in [4.78, 5) is 20.2. The molecule has 7 heteroatoms. The lowest BCUT2D eigenvalue weighted by Crippen LogP contribution is -2.38. The van der Waals surface area contributed by atoms with E-state index in [2.05, 4.69) is 27.6 Å². The van der Waals surface area contributed by atoms with Crippen LogP contribution < -0.4 is 10.2 Å². The van der Waals surface area contributed by atoms with Crippen molar-refractivity contribution in [3.05, 3.63) is 47.9 Å². The third-order valence-electron chi connectivity index (χ3n) is 4.49. The van der Waals surface area contributed by atoms with Gasteiger partial charge in [-0.25, -0.2) is 0 Å². The number of hydrogen-bond acceptors (Lipinski definition) is 4. The molecule has 0 spiro atoms. The van der Waals surface area contributed by atoms with Crippen LogP contribution in [0.4, 0.5) is 5.69 Å². The molecule has 138 valence electrons. The number of benzene rings is 1. The largest absolute Gasteiger partial charge is 0.364 e. The summed E-state index contributed by atoms with van der Waals surface area (Å²) < 4.78 is 4.86. The molecule has 1 aliphatic heterocycles. The van der Waals surface area contributed by atoms with E-state index < -0.39 is 0 Å². The van der Waals surface area contributed by atoms with Gasteiger partial charge in [-0.3, -0.25) is 9.79 Å². The maximum absolute atomic E-state index is 12.0. The number of nitrogens with one attached hydrogen (secondary N) is 1. The van der Waals surface area contributed by atoms with Crippen LogP contribution in [0.5, 0.6) is 0 Å². The number of carbonyl (C=O) groups excluding carboxylic acids is 1. The number of aromatic nitrogens is 1. The Hall–Kier alpha value is -2.83. The number of amides is 1. The van der Waals surface area contributed by atoms with Gasteiger partial charge in [0.2, 0.25) is 5.91 Å². The maximum Gasteiger partial charge on any atom is 0.226 e. The second-order valence-corrected chi connectivity index (χ2v) is 6.42. The molecule has 0 atom stereocenters. The highest BCUT2D eigenvalue weighted by atomic mass is 16.5. The number of anilines is 1. The minimum atomic E-state index is 0.219. The van der Waals surface area contributed by atoms with Crippen molar-refractivity contribution in [2.24, 2.45) is 4.99 Å². The summed E-state index contributed by atoms with van der Waals surface area (Å²) in [5.74, 6) is 1.00. The summed E-state index contributed by atoms with van der Waals surface area (Å²) in [6.07, 6.45) is 4.28. The van der Waals surface area contributed by atoms with Gasteiger partial charge < -0.3 is 19.6 Å². The van der Waals surface area contributed by atoms with Crippen LogP contribution in [0.2, 0.25) is 0 Å². The fourth-order valence-corrected chi connectivity index (χ4v) is 3.08. The molecule has 3 rings (SSSR count). The smallest absolute Gasteiger partial charge is 0.226 e. The monoisotopic (exact) mass is 355 g/mol. The Bertz CT molecular complexity index is 740. The Balaban J connectivity index is 1.55. The van der Waals surface area contributed by atoms with E-state index in [-0.39, 0.29) is 5.91 Å². The van der Waals surface area contributed by atoms with Gasteiger partial charge >= 0.3 is 0 Å². The SMILES string of the molecule is CN=C(NCc1ccc(N2CCCCC2=O)cc1)N(C)Cc1ccon1. The van der Waals surface area contributed by atoms with Gasteiger partial charge in [-0.2, -0.15) is 0 Å². The number of aliphatic imine (C=N–C) groups is 1. The molecule has 0 bridgehead atoms. The van der Waals surface area contributed by atoms with Crippen LogP contribution in [-0.4, -0.2) is 42.6 Å². The Kier molecular flexibility index (Phi) is 5.88. The fourth-order valence-electron chi connectivity index (χ4n) is 3.08. The molecule has 0 aliphatic carbocycles. The highest BCUT2D eigenvalue weighted by molar-refractivity contribution is 5.93. The van der Waals surface area contributed by atoms with Crippen molar-refractivity contribution in [1.29, 1.82) is 0 Å². The van der Waals surface area contributed by atoms with Crippen LogP contribution in [0, 0.1) is 0 Å². The molecule has 1 aliphatic rings. The van der Waals surface area contributed by atoms with E-state index in [1.807, 2.05) is 35.0 Å². The molecule has 0 saturated carbocycles. The second-order valence-electron chi connectivity index (χ2n) is 6.42. The van der Waals surface area contributed by atoms with Crippen LogP contribution in [0.25, 0.3) is 0 Å². The van der Waals surface area contributed by atoms with Crippen molar-refractivity contribution in [2.75, 3.05) is 25.5 Å².